The highest BCUT2D eigenvalue weighted by atomic mass is 35.5. The number of amides is 2. The summed E-state index contributed by atoms with van der Waals surface area (Å²) in [5.74, 6) is -1.87. The van der Waals surface area contributed by atoms with Gasteiger partial charge in [-0.15, -0.1) is 0 Å². The highest BCUT2D eigenvalue weighted by Gasteiger charge is 2.32. The lowest BCUT2D eigenvalue weighted by molar-refractivity contribution is -0.137. The Labute approximate surface area is 202 Å². The van der Waals surface area contributed by atoms with E-state index >= 15 is 0 Å². The van der Waals surface area contributed by atoms with E-state index in [9.17, 15) is 27.2 Å². The molecule has 0 unspecified atom stereocenters. The van der Waals surface area contributed by atoms with Gasteiger partial charge in [0.05, 0.1) is 27.5 Å². The Bertz CT molecular complexity index is 1350. The molecule has 2 amide bonds. The summed E-state index contributed by atoms with van der Waals surface area (Å²) in [5, 5.41) is 6.42. The highest BCUT2D eigenvalue weighted by molar-refractivity contribution is 6.34. The van der Waals surface area contributed by atoms with Crippen LogP contribution in [0.5, 0.6) is 0 Å². The monoisotopic (exact) mass is 507 g/mol. The highest BCUT2D eigenvalue weighted by Crippen LogP contribution is 2.35. The summed E-state index contributed by atoms with van der Waals surface area (Å²) in [6.07, 6.45) is -3.03. The molecule has 6 nitrogen and oxygen atoms in total. The van der Waals surface area contributed by atoms with Crippen LogP contribution >= 0.6 is 11.6 Å². The van der Waals surface area contributed by atoms with Crippen molar-refractivity contribution in [2.45, 2.75) is 32.4 Å². The van der Waals surface area contributed by atoms with Crippen molar-refractivity contribution in [1.29, 1.82) is 0 Å². The van der Waals surface area contributed by atoms with Crippen LogP contribution in [0.3, 0.4) is 0 Å². The fourth-order valence-electron chi connectivity index (χ4n) is 3.80. The molecule has 35 heavy (non-hydrogen) atoms. The van der Waals surface area contributed by atoms with Crippen molar-refractivity contribution < 1.29 is 31.6 Å². The van der Waals surface area contributed by atoms with Crippen LogP contribution in [-0.4, -0.2) is 17.5 Å². The smallest absolute Gasteiger partial charge is 0.416 e. The molecule has 1 aliphatic rings. The zero-order valence-corrected chi connectivity index (χ0v) is 19.0. The number of fused-ring (bicyclic) bond motifs is 1. The van der Waals surface area contributed by atoms with Crippen LogP contribution in [-0.2, 0) is 12.6 Å². The van der Waals surface area contributed by atoms with Crippen LogP contribution in [0.2, 0.25) is 5.02 Å². The predicted octanol–water partition coefficient (Wildman–Crippen LogP) is 6.12. The van der Waals surface area contributed by atoms with E-state index in [0.29, 0.717) is 41.9 Å². The van der Waals surface area contributed by atoms with Crippen LogP contribution < -0.4 is 10.7 Å². The fourth-order valence-corrected chi connectivity index (χ4v) is 3.96. The number of carbonyl (C=O) groups is 2. The first kappa shape index (κ1) is 24.5. The number of hydrazone groups is 1. The van der Waals surface area contributed by atoms with E-state index in [2.05, 4.69) is 15.8 Å². The molecular weight excluding hydrogens is 490 g/mol. The second-order valence-electron chi connectivity index (χ2n) is 7.83. The topological polar surface area (TPSA) is 83.7 Å². The first-order chi connectivity index (χ1) is 16.6. The zero-order chi connectivity index (χ0) is 25.3. The maximum absolute atomic E-state index is 13.9. The second-order valence-corrected chi connectivity index (χ2v) is 8.24. The van der Waals surface area contributed by atoms with Crippen molar-refractivity contribution in [2.75, 3.05) is 5.32 Å². The summed E-state index contributed by atoms with van der Waals surface area (Å²) in [7, 11) is 0. The molecule has 11 heteroatoms. The van der Waals surface area contributed by atoms with E-state index in [1.54, 1.807) is 6.92 Å². The lowest BCUT2D eigenvalue weighted by Crippen LogP contribution is -2.23. The second kappa shape index (κ2) is 9.53. The van der Waals surface area contributed by atoms with Gasteiger partial charge in [0.15, 0.2) is 5.76 Å². The Kier molecular flexibility index (Phi) is 6.66. The number of benzene rings is 2. The number of rotatable bonds is 4. The molecule has 0 fully saturated rings. The minimum absolute atomic E-state index is 0.0709. The molecule has 0 saturated heterocycles. The first-order valence-corrected chi connectivity index (χ1v) is 10.9. The Morgan fingerprint density at radius 3 is 2.54 bits per heavy atom. The molecule has 4 rings (SSSR count). The standard InChI is InChI=1S/C24H18ClF4N3O3/c1-12-20-17(31-32-22(33)14-5-2-3-6-16(14)26)7-4-8-19(20)35-21(12)23(34)30-18-11-13(24(27,28)29)9-10-15(18)25/h2-3,5-6,9-11H,4,7-8H2,1H3,(H,30,34)(H,32,33)/b31-17+. The molecule has 0 saturated carbocycles. The van der Waals surface area contributed by atoms with Crippen LogP contribution in [0.15, 0.2) is 52.0 Å². The number of furan rings is 1. The molecule has 1 aliphatic carbocycles. The summed E-state index contributed by atoms with van der Waals surface area (Å²) in [4.78, 5) is 25.2. The van der Waals surface area contributed by atoms with E-state index in [0.717, 1.165) is 24.3 Å². The third kappa shape index (κ3) is 5.07. The van der Waals surface area contributed by atoms with Crippen LogP contribution in [0.1, 0.15) is 56.2 Å². The van der Waals surface area contributed by atoms with E-state index in [-0.39, 0.29) is 22.0 Å². The Morgan fingerprint density at radius 2 is 1.83 bits per heavy atom. The molecule has 0 spiro atoms. The molecule has 0 aliphatic heterocycles. The number of halogens is 5. The van der Waals surface area contributed by atoms with Crippen molar-refractivity contribution in [3.05, 3.63) is 87.1 Å². The van der Waals surface area contributed by atoms with Crippen molar-refractivity contribution >= 4 is 34.8 Å². The average Bonchev–Trinajstić information content (AvgIpc) is 3.15. The summed E-state index contributed by atoms with van der Waals surface area (Å²) < 4.78 is 58.7. The fraction of sp³-hybridized carbons (Fsp3) is 0.208. The van der Waals surface area contributed by atoms with Crippen molar-refractivity contribution in [3.63, 3.8) is 0 Å². The summed E-state index contributed by atoms with van der Waals surface area (Å²) in [6, 6.07) is 8.05. The van der Waals surface area contributed by atoms with Crippen molar-refractivity contribution in [3.8, 4) is 0 Å². The lowest BCUT2D eigenvalue weighted by Gasteiger charge is -2.13. The average molecular weight is 508 g/mol. The molecule has 1 heterocycles. The number of nitrogens with one attached hydrogen (secondary N) is 2. The van der Waals surface area contributed by atoms with Crippen LogP contribution in [0, 0.1) is 12.7 Å². The Balaban J connectivity index is 1.59. The number of hydrogen-bond acceptors (Lipinski definition) is 4. The van der Waals surface area contributed by atoms with Gasteiger partial charge in [0.25, 0.3) is 11.8 Å². The van der Waals surface area contributed by atoms with Crippen molar-refractivity contribution in [1.82, 2.24) is 5.43 Å². The molecular formula is C24H18ClF4N3O3. The van der Waals surface area contributed by atoms with Gasteiger partial charge < -0.3 is 9.73 Å². The third-order valence-corrected chi connectivity index (χ3v) is 5.81. The Morgan fingerprint density at radius 1 is 1.09 bits per heavy atom. The minimum atomic E-state index is -4.61. The molecule has 0 atom stereocenters. The molecule has 2 N–H and O–H groups in total. The van der Waals surface area contributed by atoms with Crippen molar-refractivity contribution in [2.24, 2.45) is 5.10 Å². The van der Waals surface area contributed by atoms with E-state index in [1.807, 2.05) is 0 Å². The number of alkyl halides is 3. The van der Waals surface area contributed by atoms with Gasteiger partial charge in [0.1, 0.15) is 11.6 Å². The van der Waals surface area contributed by atoms with E-state index in [4.69, 9.17) is 16.0 Å². The minimum Gasteiger partial charge on any atom is -0.455 e. The maximum atomic E-state index is 13.9. The van der Waals surface area contributed by atoms with Crippen LogP contribution in [0.25, 0.3) is 0 Å². The van der Waals surface area contributed by atoms with Gasteiger partial charge >= 0.3 is 6.18 Å². The van der Waals surface area contributed by atoms with Gasteiger partial charge in [-0.1, -0.05) is 23.7 Å². The summed E-state index contributed by atoms with van der Waals surface area (Å²) in [6.45, 7) is 1.60. The van der Waals surface area contributed by atoms with Gasteiger partial charge in [-0.25, -0.2) is 9.82 Å². The Hall–Kier alpha value is -3.66. The van der Waals surface area contributed by atoms with Gasteiger partial charge in [-0.3, -0.25) is 9.59 Å². The zero-order valence-electron chi connectivity index (χ0n) is 18.2. The predicted molar refractivity (Wildman–Crippen MR) is 121 cm³/mol. The maximum Gasteiger partial charge on any atom is 0.416 e. The summed E-state index contributed by atoms with van der Waals surface area (Å²) >= 11 is 5.98. The van der Waals surface area contributed by atoms with Gasteiger partial charge in [-0.05, 0) is 50.1 Å². The van der Waals surface area contributed by atoms with Gasteiger partial charge in [0, 0.05) is 17.5 Å². The number of anilines is 1. The van der Waals surface area contributed by atoms with Gasteiger partial charge in [0.2, 0.25) is 0 Å². The molecule has 0 bridgehead atoms. The number of aryl methyl sites for hydroxylation is 1. The van der Waals surface area contributed by atoms with E-state index in [1.165, 1.54) is 18.2 Å². The molecule has 0 radical (unpaired) electrons. The molecule has 3 aromatic rings. The quantitative estimate of drug-likeness (QED) is 0.329. The van der Waals surface area contributed by atoms with Crippen LogP contribution in [0.4, 0.5) is 23.2 Å². The number of hydrogen-bond donors (Lipinski definition) is 2. The number of carbonyl (C=O) groups excluding carboxylic acids is 2. The number of nitrogens with zero attached hydrogens (tertiary/aromatic N) is 1. The van der Waals surface area contributed by atoms with E-state index < -0.39 is 29.4 Å². The summed E-state index contributed by atoms with van der Waals surface area (Å²) in [5.41, 5.74) is 2.33. The lowest BCUT2D eigenvalue weighted by atomic mass is 9.93. The van der Waals surface area contributed by atoms with Gasteiger partial charge in [-0.2, -0.15) is 18.3 Å². The molecule has 2 aromatic carbocycles. The largest absolute Gasteiger partial charge is 0.455 e. The normalized spacial score (nSPS) is 14.5. The molecule has 182 valence electrons. The third-order valence-electron chi connectivity index (χ3n) is 5.48. The molecule has 1 aromatic heterocycles. The first-order valence-electron chi connectivity index (χ1n) is 10.5. The SMILES string of the molecule is Cc1c(C(=O)Nc2cc(C(F)(F)F)ccc2Cl)oc2c1/C(=N/NC(=O)c1ccccc1F)CCC2.